The third kappa shape index (κ3) is 5.13. The van der Waals surface area contributed by atoms with Crippen LogP contribution in [-0.2, 0) is 16.1 Å². The summed E-state index contributed by atoms with van der Waals surface area (Å²) in [6.45, 7) is 2.32. The Bertz CT molecular complexity index is 1310. The molecular weight excluding hydrogens is 509 g/mol. The number of imidazole rings is 1. The van der Waals surface area contributed by atoms with Gasteiger partial charge in [-0.25, -0.2) is 24.9 Å². The van der Waals surface area contributed by atoms with Gasteiger partial charge in [0.15, 0.2) is 22.8 Å². The molecule has 5 heterocycles. The molecule has 2 fully saturated rings. The molecule has 0 aromatic carbocycles. The molecule has 2 saturated heterocycles. The summed E-state index contributed by atoms with van der Waals surface area (Å²) < 4.78 is 48.1. The number of carbonyl (C=O) groups is 1. The summed E-state index contributed by atoms with van der Waals surface area (Å²) in [5.74, 6) is 0.210. The van der Waals surface area contributed by atoms with Gasteiger partial charge in [0.05, 0.1) is 18.8 Å². The number of aliphatic hydroxyl groups excluding tert-OH is 1. The molecule has 0 aliphatic carbocycles. The number of fused-ring (bicyclic) bond motifs is 1. The molecule has 0 spiro atoms. The Kier molecular flexibility index (Phi) is 6.92. The van der Waals surface area contributed by atoms with Crippen LogP contribution in [0.5, 0.6) is 0 Å². The van der Waals surface area contributed by atoms with Crippen molar-refractivity contribution in [2.45, 2.75) is 25.7 Å². The van der Waals surface area contributed by atoms with Crippen LogP contribution in [0.3, 0.4) is 0 Å². The summed E-state index contributed by atoms with van der Waals surface area (Å²) in [4.78, 5) is 38.9. The van der Waals surface area contributed by atoms with Crippen molar-refractivity contribution >= 4 is 34.8 Å². The molecule has 3 aromatic rings. The monoisotopic (exact) mass is 536 g/mol. The lowest BCUT2D eigenvalue weighted by Crippen LogP contribution is -2.55. The maximum atomic E-state index is 13.9. The van der Waals surface area contributed by atoms with Crippen LogP contribution in [0.15, 0.2) is 12.4 Å². The van der Waals surface area contributed by atoms with Crippen molar-refractivity contribution in [1.29, 1.82) is 0 Å². The molecule has 3 aromatic heterocycles. The van der Waals surface area contributed by atoms with Gasteiger partial charge in [0, 0.05) is 51.2 Å². The van der Waals surface area contributed by atoms with Crippen LogP contribution in [0.1, 0.15) is 6.92 Å². The van der Waals surface area contributed by atoms with Crippen LogP contribution in [0.25, 0.3) is 22.6 Å². The van der Waals surface area contributed by atoms with Gasteiger partial charge in [-0.1, -0.05) is 0 Å². The van der Waals surface area contributed by atoms with Crippen molar-refractivity contribution in [2.24, 2.45) is 0 Å². The molecule has 0 unspecified atom stereocenters. The molecule has 0 bridgehead atoms. The smallest absolute Gasteiger partial charge is 0.387 e. The Balaban J connectivity index is 1.66. The molecule has 2 aliphatic heterocycles. The van der Waals surface area contributed by atoms with Gasteiger partial charge < -0.3 is 30.3 Å². The van der Waals surface area contributed by atoms with E-state index in [4.69, 9.17) is 10.5 Å². The number of nitrogens with zero attached hydrogens (tertiary/aromatic N) is 9. The SMILES string of the molecule is C[C@@H]1CN(c2nc3c(N4CCOCC4)nc(-c4cnc(N)nc4)nc3n2CC(F)(F)F)CCN1C(=O)CO. The van der Waals surface area contributed by atoms with Crippen molar-refractivity contribution in [3.05, 3.63) is 12.4 Å². The van der Waals surface area contributed by atoms with Gasteiger partial charge in [0.1, 0.15) is 13.2 Å². The fraction of sp³-hybridized carbons (Fsp3) is 0.545. The number of ether oxygens (including phenoxy) is 1. The van der Waals surface area contributed by atoms with Crippen LogP contribution in [-0.4, -0.2) is 110 Å². The maximum Gasteiger partial charge on any atom is 0.406 e. The number of piperazine rings is 1. The van der Waals surface area contributed by atoms with Gasteiger partial charge in [-0.05, 0) is 6.92 Å². The Morgan fingerprint density at radius 3 is 2.45 bits per heavy atom. The zero-order chi connectivity index (χ0) is 27.0. The van der Waals surface area contributed by atoms with Gasteiger partial charge in [-0.3, -0.25) is 9.36 Å². The van der Waals surface area contributed by atoms with Crippen LogP contribution >= 0.6 is 0 Å². The number of nitrogens with two attached hydrogens (primary N) is 1. The van der Waals surface area contributed by atoms with E-state index in [0.29, 0.717) is 37.7 Å². The highest BCUT2D eigenvalue weighted by molar-refractivity contribution is 5.88. The summed E-state index contributed by atoms with van der Waals surface area (Å²) in [5, 5.41) is 9.25. The molecule has 16 heteroatoms. The van der Waals surface area contributed by atoms with E-state index in [2.05, 4.69) is 24.9 Å². The number of aliphatic hydroxyl groups is 1. The molecule has 5 rings (SSSR count). The first-order chi connectivity index (χ1) is 18.1. The second-order valence-corrected chi connectivity index (χ2v) is 9.13. The minimum absolute atomic E-state index is 0.0159. The van der Waals surface area contributed by atoms with Crippen molar-refractivity contribution in [3.63, 3.8) is 0 Å². The van der Waals surface area contributed by atoms with Crippen LogP contribution in [0.4, 0.5) is 30.9 Å². The molecule has 2 aliphatic rings. The number of alkyl halides is 3. The van der Waals surface area contributed by atoms with E-state index in [0.717, 1.165) is 4.57 Å². The van der Waals surface area contributed by atoms with Crippen molar-refractivity contribution in [3.8, 4) is 11.4 Å². The Labute approximate surface area is 215 Å². The summed E-state index contributed by atoms with van der Waals surface area (Å²) in [6.07, 6.45) is -1.73. The van der Waals surface area contributed by atoms with Crippen LogP contribution in [0.2, 0.25) is 0 Å². The number of amides is 1. The quantitative estimate of drug-likeness (QED) is 0.463. The number of halogens is 3. The van der Waals surface area contributed by atoms with E-state index < -0.39 is 25.2 Å². The largest absolute Gasteiger partial charge is 0.406 e. The predicted octanol–water partition coefficient (Wildman–Crippen LogP) is 0.294. The second-order valence-electron chi connectivity index (χ2n) is 9.13. The zero-order valence-electron chi connectivity index (χ0n) is 20.6. The molecule has 1 amide bonds. The average molecular weight is 537 g/mol. The van der Waals surface area contributed by atoms with Crippen molar-refractivity contribution < 1.29 is 27.8 Å². The minimum atomic E-state index is -4.56. The Morgan fingerprint density at radius 1 is 1.11 bits per heavy atom. The predicted molar refractivity (Wildman–Crippen MR) is 130 cm³/mol. The first-order valence-electron chi connectivity index (χ1n) is 12.1. The van der Waals surface area contributed by atoms with Gasteiger partial charge in [-0.15, -0.1) is 0 Å². The van der Waals surface area contributed by atoms with E-state index in [1.54, 1.807) is 11.8 Å². The lowest BCUT2D eigenvalue weighted by molar-refractivity contribution is -0.139. The van der Waals surface area contributed by atoms with Gasteiger partial charge in [-0.2, -0.15) is 13.2 Å². The summed E-state index contributed by atoms with van der Waals surface area (Å²) >= 11 is 0. The van der Waals surface area contributed by atoms with Gasteiger partial charge >= 0.3 is 6.18 Å². The lowest BCUT2D eigenvalue weighted by Gasteiger charge is -2.40. The third-order valence-corrected chi connectivity index (χ3v) is 6.50. The molecule has 3 N–H and O–H groups in total. The molecule has 0 radical (unpaired) electrons. The first kappa shape index (κ1) is 25.8. The van der Waals surface area contributed by atoms with E-state index >= 15 is 0 Å². The second kappa shape index (κ2) is 10.2. The third-order valence-electron chi connectivity index (χ3n) is 6.50. The number of nitrogen functional groups attached to an aromatic ring is 1. The van der Waals surface area contributed by atoms with E-state index in [1.807, 2.05) is 4.90 Å². The number of carbonyl (C=O) groups excluding carboxylic acids is 1. The van der Waals surface area contributed by atoms with Crippen molar-refractivity contribution in [1.82, 2.24) is 34.4 Å². The van der Waals surface area contributed by atoms with Crippen LogP contribution in [0, 0.1) is 0 Å². The molecule has 204 valence electrons. The maximum absolute atomic E-state index is 13.9. The van der Waals surface area contributed by atoms with E-state index in [-0.39, 0.29) is 54.6 Å². The number of morpholine rings is 1. The highest BCUT2D eigenvalue weighted by Gasteiger charge is 2.36. The first-order valence-corrected chi connectivity index (χ1v) is 12.1. The number of hydrogen-bond donors (Lipinski definition) is 2. The molecule has 38 heavy (non-hydrogen) atoms. The Morgan fingerprint density at radius 2 is 1.82 bits per heavy atom. The van der Waals surface area contributed by atoms with Gasteiger partial charge in [0.25, 0.3) is 0 Å². The number of rotatable bonds is 5. The number of anilines is 3. The fourth-order valence-electron chi connectivity index (χ4n) is 4.72. The van der Waals surface area contributed by atoms with Crippen LogP contribution < -0.4 is 15.5 Å². The lowest BCUT2D eigenvalue weighted by atomic mass is 10.2. The number of hydrogen-bond acceptors (Lipinski definition) is 11. The topological polar surface area (TPSA) is 152 Å². The number of aromatic nitrogens is 6. The summed E-state index contributed by atoms with van der Waals surface area (Å²) in [5.41, 5.74) is 6.24. The zero-order valence-corrected chi connectivity index (χ0v) is 20.6. The van der Waals surface area contributed by atoms with E-state index in [9.17, 15) is 23.1 Å². The highest BCUT2D eigenvalue weighted by atomic mass is 19.4. The molecule has 0 saturated carbocycles. The molecule has 13 nitrogen and oxygen atoms in total. The standard InChI is InChI=1S/C22H27F3N10O3/c1-13-10-33(2-3-34(13)15(37)11-36)21-29-16-18(32-4-6-38-7-5-32)30-17(14-8-27-20(26)28-9-14)31-19(16)35(21)12-22(23,24)25/h8-9,13,36H,2-7,10-12H2,1H3,(H2,26,27,28)/t13-/m1/s1. The van der Waals surface area contributed by atoms with Crippen molar-refractivity contribution in [2.75, 3.05) is 68.1 Å². The molecule has 1 atom stereocenters. The summed E-state index contributed by atoms with van der Waals surface area (Å²) in [7, 11) is 0. The van der Waals surface area contributed by atoms with E-state index in [1.165, 1.54) is 17.3 Å². The Hall–Kier alpha value is -3.79. The fourth-order valence-corrected chi connectivity index (χ4v) is 4.72. The summed E-state index contributed by atoms with van der Waals surface area (Å²) in [6, 6.07) is -0.352. The average Bonchev–Trinajstić information content (AvgIpc) is 3.25. The highest BCUT2D eigenvalue weighted by Crippen LogP contribution is 2.34. The van der Waals surface area contributed by atoms with Gasteiger partial charge in [0.2, 0.25) is 17.8 Å². The normalized spacial score (nSPS) is 18.9. The molecular formula is C22H27F3N10O3. The minimum Gasteiger partial charge on any atom is -0.387 e.